The summed E-state index contributed by atoms with van der Waals surface area (Å²) >= 11 is 0. The molecule has 2 aromatic rings. The van der Waals surface area contributed by atoms with Crippen molar-refractivity contribution in [3.8, 4) is 0 Å². The van der Waals surface area contributed by atoms with Crippen molar-refractivity contribution in [3.63, 3.8) is 0 Å². The first-order valence-electron chi connectivity index (χ1n) is 5.67. The number of fused-ring (bicyclic) bond motifs is 1. The zero-order chi connectivity index (χ0) is 12.1. The quantitative estimate of drug-likeness (QED) is 0.774. The molecule has 0 heterocycles. The normalized spacial score (nSPS) is 12.8. The summed E-state index contributed by atoms with van der Waals surface area (Å²) in [5.41, 5.74) is 0.862. The van der Waals surface area contributed by atoms with E-state index < -0.39 is 6.10 Å². The molecule has 0 aliphatic carbocycles. The highest BCUT2D eigenvalue weighted by molar-refractivity contribution is 5.85. The molecule has 0 aliphatic heterocycles. The molecule has 1 atom stereocenters. The summed E-state index contributed by atoms with van der Waals surface area (Å²) in [5, 5.41) is 20.8. The Bertz CT molecular complexity index is 476. The number of rotatable bonds is 5. The van der Waals surface area contributed by atoms with Crippen LogP contribution < -0.4 is 0 Å². The average Bonchev–Trinajstić information content (AvgIpc) is 2.38. The maximum atomic E-state index is 10.0. The third-order valence-corrected chi connectivity index (χ3v) is 2.69. The predicted octanol–water partition coefficient (Wildman–Crippen LogP) is 1.88. The van der Waals surface area contributed by atoms with Crippen LogP contribution in [0.3, 0.4) is 0 Å². The maximum Gasteiger partial charge on any atom is 0.103 e. The summed E-state index contributed by atoms with van der Waals surface area (Å²) < 4.78 is 5.15. The molecule has 17 heavy (non-hydrogen) atoms. The molecule has 0 amide bonds. The van der Waals surface area contributed by atoms with Gasteiger partial charge in [0.1, 0.15) is 6.10 Å². The summed E-state index contributed by atoms with van der Waals surface area (Å²) in [4.78, 5) is 0. The highest BCUT2D eigenvalue weighted by Gasteiger charge is 2.10. The predicted molar refractivity (Wildman–Crippen MR) is 66.8 cm³/mol. The first-order valence-corrected chi connectivity index (χ1v) is 5.67. The van der Waals surface area contributed by atoms with Crippen molar-refractivity contribution in [1.82, 2.24) is 0 Å². The second-order valence-corrected chi connectivity index (χ2v) is 3.88. The van der Waals surface area contributed by atoms with Gasteiger partial charge in [-0.1, -0.05) is 42.5 Å². The molecule has 1 unspecified atom stereocenters. The molecule has 0 spiro atoms. The number of benzene rings is 2. The van der Waals surface area contributed by atoms with Gasteiger partial charge in [-0.25, -0.2) is 0 Å². The van der Waals surface area contributed by atoms with Crippen LogP contribution >= 0.6 is 0 Å². The molecule has 0 aromatic heterocycles. The van der Waals surface area contributed by atoms with Crippen molar-refractivity contribution < 1.29 is 14.9 Å². The molecule has 0 bridgehead atoms. The smallest absolute Gasteiger partial charge is 0.103 e. The van der Waals surface area contributed by atoms with E-state index in [4.69, 9.17) is 9.84 Å². The minimum Gasteiger partial charge on any atom is -0.394 e. The molecule has 90 valence electrons. The summed E-state index contributed by atoms with van der Waals surface area (Å²) in [6.45, 7) is 0.429. The lowest BCUT2D eigenvalue weighted by molar-refractivity contribution is 0.0212. The first-order chi connectivity index (χ1) is 8.33. The van der Waals surface area contributed by atoms with Crippen LogP contribution in [0.5, 0.6) is 0 Å². The Balaban J connectivity index is 2.22. The number of ether oxygens (including phenoxy) is 1. The zero-order valence-electron chi connectivity index (χ0n) is 9.54. The van der Waals surface area contributed by atoms with Crippen LogP contribution in [0.15, 0.2) is 42.5 Å². The topological polar surface area (TPSA) is 49.7 Å². The van der Waals surface area contributed by atoms with Crippen LogP contribution in [0, 0.1) is 0 Å². The number of hydrogen-bond donors (Lipinski definition) is 2. The van der Waals surface area contributed by atoms with Crippen LogP contribution in [-0.4, -0.2) is 30.0 Å². The van der Waals surface area contributed by atoms with E-state index in [1.807, 2.05) is 42.5 Å². The van der Waals surface area contributed by atoms with Gasteiger partial charge in [0.25, 0.3) is 0 Å². The second kappa shape index (κ2) is 5.77. The Morgan fingerprint density at radius 3 is 2.65 bits per heavy atom. The number of aliphatic hydroxyl groups is 2. The van der Waals surface area contributed by atoms with E-state index >= 15 is 0 Å². The Labute approximate surface area is 100 Å². The minimum absolute atomic E-state index is 0.0255. The Hall–Kier alpha value is -1.42. The van der Waals surface area contributed by atoms with Gasteiger partial charge in [0, 0.05) is 0 Å². The van der Waals surface area contributed by atoms with Crippen molar-refractivity contribution in [2.75, 3.05) is 19.8 Å². The fourth-order valence-corrected chi connectivity index (χ4v) is 1.89. The summed E-state index contributed by atoms with van der Waals surface area (Å²) in [5.74, 6) is 0. The van der Waals surface area contributed by atoms with E-state index in [0.717, 1.165) is 16.3 Å². The third kappa shape index (κ3) is 2.82. The minimum atomic E-state index is -0.660. The van der Waals surface area contributed by atoms with Crippen molar-refractivity contribution in [2.45, 2.75) is 6.10 Å². The van der Waals surface area contributed by atoms with E-state index in [1.54, 1.807) is 0 Å². The van der Waals surface area contributed by atoms with Gasteiger partial charge >= 0.3 is 0 Å². The number of aliphatic hydroxyl groups excluding tert-OH is 2. The van der Waals surface area contributed by atoms with Gasteiger partial charge in [-0.3, -0.25) is 0 Å². The molecule has 0 aliphatic rings. The SMILES string of the molecule is OCCOCC(O)c1cccc2ccccc12. The Morgan fingerprint density at radius 1 is 1.06 bits per heavy atom. The van der Waals surface area contributed by atoms with Gasteiger partial charge < -0.3 is 14.9 Å². The van der Waals surface area contributed by atoms with Crippen molar-refractivity contribution in [2.24, 2.45) is 0 Å². The Kier molecular flexibility index (Phi) is 4.09. The van der Waals surface area contributed by atoms with E-state index in [-0.39, 0.29) is 19.8 Å². The van der Waals surface area contributed by atoms with Crippen LogP contribution in [0.25, 0.3) is 10.8 Å². The van der Waals surface area contributed by atoms with Crippen LogP contribution in [0.1, 0.15) is 11.7 Å². The van der Waals surface area contributed by atoms with Crippen LogP contribution in [0.4, 0.5) is 0 Å². The van der Waals surface area contributed by atoms with Gasteiger partial charge in [-0.15, -0.1) is 0 Å². The molecule has 2 N–H and O–H groups in total. The fraction of sp³-hybridized carbons (Fsp3) is 0.286. The van der Waals surface area contributed by atoms with E-state index in [9.17, 15) is 5.11 Å². The molecule has 3 nitrogen and oxygen atoms in total. The van der Waals surface area contributed by atoms with E-state index in [2.05, 4.69) is 0 Å². The monoisotopic (exact) mass is 232 g/mol. The van der Waals surface area contributed by atoms with Gasteiger partial charge in [0.05, 0.1) is 19.8 Å². The standard InChI is InChI=1S/C14H16O3/c15-8-9-17-10-14(16)13-7-3-5-11-4-1-2-6-12(11)13/h1-7,14-16H,8-10H2. The zero-order valence-corrected chi connectivity index (χ0v) is 9.54. The lowest BCUT2D eigenvalue weighted by Crippen LogP contribution is -2.10. The molecule has 0 radical (unpaired) electrons. The molecule has 3 heteroatoms. The summed E-state index contributed by atoms with van der Waals surface area (Å²) in [7, 11) is 0. The highest BCUT2D eigenvalue weighted by Crippen LogP contribution is 2.24. The average molecular weight is 232 g/mol. The summed E-state index contributed by atoms with van der Waals surface area (Å²) in [6, 6.07) is 13.8. The highest BCUT2D eigenvalue weighted by atomic mass is 16.5. The van der Waals surface area contributed by atoms with E-state index in [1.165, 1.54) is 0 Å². The second-order valence-electron chi connectivity index (χ2n) is 3.88. The molecule has 0 saturated heterocycles. The van der Waals surface area contributed by atoms with Crippen LogP contribution in [-0.2, 0) is 4.74 Å². The molecule has 0 saturated carbocycles. The van der Waals surface area contributed by atoms with Gasteiger partial charge in [-0.05, 0) is 16.3 Å². The fourth-order valence-electron chi connectivity index (χ4n) is 1.89. The van der Waals surface area contributed by atoms with Gasteiger partial charge in [0.2, 0.25) is 0 Å². The maximum absolute atomic E-state index is 10.0. The van der Waals surface area contributed by atoms with Crippen LogP contribution in [0.2, 0.25) is 0 Å². The number of hydrogen-bond acceptors (Lipinski definition) is 3. The Morgan fingerprint density at radius 2 is 1.82 bits per heavy atom. The van der Waals surface area contributed by atoms with E-state index in [0.29, 0.717) is 0 Å². The van der Waals surface area contributed by atoms with Gasteiger partial charge in [-0.2, -0.15) is 0 Å². The van der Waals surface area contributed by atoms with Crippen molar-refractivity contribution >= 4 is 10.8 Å². The summed E-state index contributed by atoms with van der Waals surface area (Å²) in [6.07, 6.45) is -0.660. The molecular weight excluding hydrogens is 216 g/mol. The lowest BCUT2D eigenvalue weighted by Gasteiger charge is -2.13. The van der Waals surface area contributed by atoms with Gasteiger partial charge in [0.15, 0.2) is 0 Å². The molecular formula is C14H16O3. The lowest BCUT2D eigenvalue weighted by atomic mass is 10.0. The van der Waals surface area contributed by atoms with Crippen molar-refractivity contribution in [1.29, 1.82) is 0 Å². The largest absolute Gasteiger partial charge is 0.394 e. The molecule has 2 rings (SSSR count). The first kappa shape index (κ1) is 12.0. The van der Waals surface area contributed by atoms with Crippen molar-refractivity contribution in [3.05, 3.63) is 48.0 Å². The molecule has 0 fully saturated rings. The third-order valence-electron chi connectivity index (χ3n) is 2.69. The molecule has 2 aromatic carbocycles.